The van der Waals surface area contributed by atoms with Crippen molar-refractivity contribution in [3.63, 3.8) is 0 Å². The zero-order valence-electron chi connectivity index (χ0n) is 10.0. The molecule has 2 aromatic rings. The van der Waals surface area contributed by atoms with Gasteiger partial charge in [-0.05, 0) is 12.1 Å². The van der Waals surface area contributed by atoms with Gasteiger partial charge in [-0.1, -0.05) is 11.3 Å². The number of aromatic nitrogens is 4. The normalized spacial score (nSPS) is 32.3. The van der Waals surface area contributed by atoms with E-state index in [2.05, 4.69) is 15.3 Å². The summed E-state index contributed by atoms with van der Waals surface area (Å²) in [4.78, 5) is 4.33. The minimum atomic E-state index is -1.04. The molecule has 5 heterocycles. The Balaban J connectivity index is 1.77. The lowest BCUT2D eigenvalue weighted by Gasteiger charge is -2.35. The van der Waals surface area contributed by atoms with E-state index in [9.17, 15) is 5.11 Å². The molecule has 1 N–H and O–H groups in total. The molecule has 0 radical (unpaired) electrons. The first-order chi connectivity index (χ1) is 9.33. The van der Waals surface area contributed by atoms with Crippen molar-refractivity contribution in [2.75, 3.05) is 13.2 Å². The fourth-order valence-electron chi connectivity index (χ4n) is 2.57. The van der Waals surface area contributed by atoms with E-state index in [1.807, 2.05) is 24.4 Å². The van der Waals surface area contributed by atoms with E-state index in [0.29, 0.717) is 12.3 Å². The van der Waals surface area contributed by atoms with Gasteiger partial charge in [-0.2, -0.15) is 0 Å². The summed E-state index contributed by atoms with van der Waals surface area (Å²) in [5.74, 6) is -1.04. The molecule has 3 aliphatic heterocycles. The van der Waals surface area contributed by atoms with Crippen molar-refractivity contribution in [1.82, 2.24) is 20.0 Å². The molecule has 1 saturated heterocycles. The van der Waals surface area contributed by atoms with Crippen LogP contribution in [-0.4, -0.2) is 44.4 Å². The van der Waals surface area contributed by atoms with Crippen molar-refractivity contribution in [3.8, 4) is 0 Å². The van der Waals surface area contributed by atoms with E-state index in [1.165, 1.54) is 0 Å². The molecule has 5 rings (SSSR count). The molecule has 0 saturated carbocycles. The summed E-state index contributed by atoms with van der Waals surface area (Å²) in [6.45, 7) is 0.235. The second kappa shape index (κ2) is 3.83. The Labute approximate surface area is 108 Å². The van der Waals surface area contributed by atoms with E-state index >= 15 is 0 Å². The van der Waals surface area contributed by atoms with Crippen LogP contribution in [0.4, 0.5) is 0 Å². The number of hydrogen-bond donors (Lipinski definition) is 1. The van der Waals surface area contributed by atoms with E-state index in [-0.39, 0.29) is 18.8 Å². The number of hydrogen-bond acceptors (Lipinski definition) is 6. The maximum Gasteiger partial charge on any atom is 0.242 e. The van der Waals surface area contributed by atoms with Crippen LogP contribution >= 0.6 is 0 Å². The highest BCUT2D eigenvalue weighted by molar-refractivity contribution is 5.25. The Bertz CT molecular complexity index is 576. The van der Waals surface area contributed by atoms with E-state index in [1.54, 1.807) is 10.9 Å². The van der Waals surface area contributed by atoms with Gasteiger partial charge in [0, 0.05) is 6.20 Å². The van der Waals surface area contributed by atoms with Gasteiger partial charge in [-0.25, -0.2) is 4.68 Å². The molecule has 3 aliphatic rings. The molecule has 7 nitrogen and oxygen atoms in total. The second-order valence-corrected chi connectivity index (χ2v) is 4.64. The van der Waals surface area contributed by atoms with Gasteiger partial charge in [0.15, 0.2) is 6.04 Å². The minimum Gasteiger partial charge on any atom is -0.394 e. The molecule has 98 valence electrons. The van der Waals surface area contributed by atoms with Crippen molar-refractivity contribution in [1.29, 1.82) is 0 Å². The predicted octanol–water partition coefficient (Wildman–Crippen LogP) is -0.163. The fourth-order valence-corrected chi connectivity index (χ4v) is 2.57. The van der Waals surface area contributed by atoms with Crippen LogP contribution in [0.15, 0.2) is 30.6 Å². The van der Waals surface area contributed by atoms with Gasteiger partial charge in [0.25, 0.3) is 0 Å². The van der Waals surface area contributed by atoms with E-state index in [4.69, 9.17) is 9.47 Å². The topological polar surface area (TPSA) is 82.3 Å². The molecular formula is C12H12N4O3. The molecule has 7 heteroatoms. The number of fused-ring (bicyclic) bond motifs is 1. The van der Waals surface area contributed by atoms with Gasteiger partial charge in [0.2, 0.25) is 5.79 Å². The van der Waals surface area contributed by atoms with Crippen LogP contribution in [0.5, 0.6) is 0 Å². The van der Waals surface area contributed by atoms with E-state index < -0.39 is 5.79 Å². The third-order valence-corrected chi connectivity index (χ3v) is 3.48. The number of pyridine rings is 1. The average Bonchev–Trinajstić information content (AvgIpc) is 3.15. The lowest BCUT2D eigenvalue weighted by atomic mass is 9.96. The second-order valence-electron chi connectivity index (χ2n) is 4.64. The Hall–Kier alpha value is -1.83. The average molecular weight is 260 g/mol. The monoisotopic (exact) mass is 260 g/mol. The summed E-state index contributed by atoms with van der Waals surface area (Å²) in [7, 11) is 0. The van der Waals surface area contributed by atoms with Gasteiger partial charge < -0.3 is 14.6 Å². The first-order valence-corrected chi connectivity index (χ1v) is 6.09. The first kappa shape index (κ1) is 11.0. The smallest absolute Gasteiger partial charge is 0.242 e. The summed E-state index contributed by atoms with van der Waals surface area (Å²) in [5.41, 5.74) is 1.48. The lowest BCUT2D eigenvalue weighted by Crippen LogP contribution is -2.42. The maximum atomic E-state index is 9.26. The molecule has 1 fully saturated rings. The minimum absolute atomic E-state index is 0.0887. The summed E-state index contributed by atoms with van der Waals surface area (Å²) in [6, 6.07) is 5.33. The highest BCUT2D eigenvalue weighted by Crippen LogP contribution is 2.48. The quantitative estimate of drug-likeness (QED) is 0.825. The Morgan fingerprint density at radius 1 is 1.47 bits per heavy atom. The highest BCUT2D eigenvalue weighted by atomic mass is 16.8. The molecule has 0 spiro atoms. The van der Waals surface area contributed by atoms with Crippen LogP contribution in [0.1, 0.15) is 17.4 Å². The number of rotatable bonds is 3. The van der Waals surface area contributed by atoms with Crippen molar-refractivity contribution in [2.45, 2.75) is 17.9 Å². The summed E-state index contributed by atoms with van der Waals surface area (Å²) in [5, 5.41) is 17.3. The van der Waals surface area contributed by atoms with Crippen molar-refractivity contribution in [2.24, 2.45) is 0 Å². The van der Waals surface area contributed by atoms with Gasteiger partial charge in [-0.15, -0.1) is 5.10 Å². The first-order valence-electron chi connectivity index (χ1n) is 6.09. The van der Waals surface area contributed by atoms with Crippen molar-refractivity contribution >= 4 is 0 Å². The molecule has 0 aliphatic carbocycles. The van der Waals surface area contributed by atoms with Gasteiger partial charge >= 0.3 is 0 Å². The fraction of sp³-hybridized carbons (Fsp3) is 0.417. The van der Waals surface area contributed by atoms with E-state index in [0.717, 1.165) is 5.69 Å². The number of aliphatic hydroxyl groups excluding tert-OH is 1. The summed E-state index contributed by atoms with van der Waals surface area (Å²) in [6.07, 6.45) is 3.16. The molecule has 0 aromatic carbocycles. The molecule has 2 bridgehead atoms. The zero-order chi connectivity index (χ0) is 12.9. The standard InChI is InChI=1S/C12H12N4O3/c17-6-8-7-18-12(19-8,10-3-1-2-4-13-10)11-9-5-16(11)15-14-9/h1-5,8,11,17H,6-7H2. The van der Waals surface area contributed by atoms with Crippen LogP contribution < -0.4 is 0 Å². The van der Waals surface area contributed by atoms with Crippen LogP contribution in [0.2, 0.25) is 0 Å². The third-order valence-electron chi connectivity index (χ3n) is 3.48. The molecule has 3 unspecified atom stereocenters. The lowest BCUT2D eigenvalue weighted by molar-refractivity contribution is -0.210. The molecule has 2 aromatic heterocycles. The molecule has 19 heavy (non-hydrogen) atoms. The SMILES string of the molecule is OCC1COC(c2ccccn2)(C2c3cn2nn3)O1. The third kappa shape index (κ3) is 1.40. The molecule has 0 amide bonds. The van der Waals surface area contributed by atoms with Crippen LogP contribution in [0, 0.1) is 0 Å². The number of nitrogens with zero attached hydrogens (tertiary/aromatic N) is 4. The van der Waals surface area contributed by atoms with Gasteiger partial charge in [0.05, 0.1) is 19.4 Å². The largest absolute Gasteiger partial charge is 0.394 e. The van der Waals surface area contributed by atoms with Gasteiger partial charge in [0.1, 0.15) is 17.5 Å². The predicted molar refractivity (Wildman–Crippen MR) is 62.0 cm³/mol. The van der Waals surface area contributed by atoms with Crippen LogP contribution in [-0.2, 0) is 15.3 Å². The van der Waals surface area contributed by atoms with Crippen molar-refractivity contribution < 1.29 is 14.6 Å². The van der Waals surface area contributed by atoms with Crippen molar-refractivity contribution in [3.05, 3.63) is 42.0 Å². The summed E-state index contributed by atoms with van der Waals surface area (Å²) >= 11 is 0. The molecule has 3 atom stereocenters. The maximum absolute atomic E-state index is 9.26. The Morgan fingerprint density at radius 3 is 3.00 bits per heavy atom. The Kier molecular flexibility index (Phi) is 2.22. The highest BCUT2D eigenvalue weighted by Gasteiger charge is 2.56. The summed E-state index contributed by atoms with van der Waals surface area (Å²) < 4.78 is 13.5. The van der Waals surface area contributed by atoms with Gasteiger partial charge in [-0.3, -0.25) is 4.98 Å². The zero-order valence-corrected chi connectivity index (χ0v) is 10.0. The Morgan fingerprint density at radius 2 is 2.42 bits per heavy atom. The van der Waals surface area contributed by atoms with Crippen LogP contribution in [0.25, 0.3) is 0 Å². The molecular weight excluding hydrogens is 248 g/mol. The van der Waals surface area contributed by atoms with Crippen LogP contribution in [0.3, 0.4) is 0 Å². The number of ether oxygens (including phenoxy) is 2. The number of aliphatic hydroxyl groups is 1.